The lowest BCUT2D eigenvalue weighted by atomic mass is 10.0. The van der Waals surface area contributed by atoms with Gasteiger partial charge in [0.25, 0.3) is 5.92 Å². The number of likely N-dealkylation sites (tertiary alicyclic amines) is 1. The predicted molar refractivity (Wildman–Crippen MR) is 89.1 cm³/mol. The monoisotopic (exact) mass is 415 g/mol. The number of hydrogen-bond donors (Lipinski definition) is 1. The molecule has 2 aromatic heterocycles. The van der Waals surface area contributed by atoms with E-state index in [0.29, 0.717) is 6.07 Å². The molecule has 0 spiro atoms. The highest BCUT2D eigenvalue weighted by Crippen LogP contribution is 2.33. The summed E-state index contributed by atoms with van der Waals surface area (Å²) in [5, 5.41) is 14.2. The quantitative estimate of drug-likeness (QED) is 0.756. The van der Waals surface area contributed by atoms with E-state index in [9.17, 15) is 32.3 Å². The maximum absolute atomic E-state index is 13.9. The molecule has 0 saturated carbocycles. The maximum Gasteiger partial charge on any atom is 0.347 e. The fourth-order valence-electron chi connectivity index (χ4n) is 3.70. The van der Waals surface area contributed by atoms with E-state index in [-0.39, 0.29) is 30.9 Å². The van der Waals surface area contributed by atoms with Gasteiger partial charge in [-0.3, -0.25) is 14.3 Å². The summed E-state index contributed by atoms with van der Waals surface area (Å²) >= 11 is 0. The molecule has 2 aliphatic heterocycles. The zero-order valence-corrected chi connectivity index (χ0v) is 15.1. The smallest absolute Gasteiger partial charge is 0.347 e. The van der Waals surface area contributed by atoms with Gasteiger partial charge in [-0.1, -0.05) is 0 Å². The SMILES string of the molecule is O=C(C1CCC(O)c2nn(Cc3ncc(F)cc3F)c(=O)n21)N1CCC(F)(F)C1. The third-order valence-electron chi connectivity index (χ3n) is 5.17. The molecule has 2 aliphatic rings. The standard InChI is InChI=1S/C17H17F4N5O3/c18-9-5-10(19)11(22-6-9)7-25-16(29)26-12(1-2-13(27)14(26)23-25)15(28)24-4-3-17(20,21)8-24/h5-6,12-13,27H,1-4,7-8H2. The van der Waals surface area contributed by atoms with Crippen molar-refractivity contribution < 1.29 is 27.5 Å². The minimum absolute atomic E-state index is 0.0732. The zero-order chi connectivity index (χ0) is 20.9. The molecule has 12 heteroatoms. The van der Waals surface area contributed by atoms with Crippen molar-refractivity contribution in [1.82, 2.24) is 24.2 Å². The van der Waals surface area contributed by atoms with Crippen LogP contribution in [0.15, 0.2) is 17.1 Å². The van der Waals surface area contributed by atoms with Crippen molar-refractivity contribution in [3.8, 4) is 0 Å². The average molecular weight is 415 g/mol. The minimum Gasteiger partial charge on any atom is -0.385 e. The first-order chi connectivity index (χ1) is 13.7. The number of halogens is 4. The summed E-state index contributed by atoms with van der Waals surface area (Å²) in [6.07, 6.45) is -0.623. The van der Waals surface area contributed by atoms with Crippen molar-refractivity contribution >= 4 is 5.91 Å². The number of aromatic nitrogens is 4. The average Bonchev–Trinajstić information content (AvgIpc) is 3.18. The number of alkyl halides is 2. The lowest BCUT2D eigenvalue weighted by Crippen LogP contribution is -2.43. The summed E-state index contributed by atoms with van der Waals surface area (Å²) in [5.41, 5.74) is -1.06. The van der Waals surface area contributed by atoms with E-state index in [1.807, 2.05) is 0 Å². The number of hydrogen-bond acceptors (Lipinski definition) is 5. The molecule has 4 rings (SSSR count). The van der Waals surface area contributed by atoms with E-state index in [1.54, 1.807) is 0 Å². The van der Waals surface area contributed by atoms with E-state index in [2.05, 4.69) is 10.1 Å². The molecule has 2 atom stereocenters. The molecular weight excluding hydrogens is 398 g/mol. The van der Waals surface area contributed by atoms with Crippen molar-refractivity contribution in [2.45, 2.75) is 43.9 Å². The van der Waals surface area contributed by atoms with E-state index < -0.39 is 60.8 Å². The second kappa shape index (κ2) is 6.94. The van der Waals surface area contributed by atoms with E-state index in [0.717, 1.165) is 20.3 Å². The first-order valence-electron chi connectivity index (χ1n) is 9.00. The number of aliphatic hydroxyl groups excluding tert-OH is 1. The number of pyridine rings is 1. The Morgan fingerprint density at radius 3 is 2.72 bits per heavy atom. The zero-order valence-electron chi connectivity index (χ0n) is 15.1. The highest BCUT2D eigenvalue weighted by molar-refractivity contribution is 5.81. The van der Waals surface area contributed by atoms with Crippen LogP contribution in [0.25, 0.3) is 0 Å². The van der Waals surface area contributed by atoms with Gasteiger partial charge in [-0.15, -0.1) is 0 Å². The van der Waals surface area contributed by atoms with Gasteiger partial charge in [0.05, 0.1) is 25.0 Å². The van der Waals surface area contributed by atoms with Crippen LogP contribution in [0.3, 0.4) is 0 Å². The molecule has 2 aromatic rings. The van der Waals surface area contributed by atoms with Gasteiger partial charge in [0, 0.05) is 19.0 Å². The molecule has 0 bridgehead atoms. The van der Waals surface area contributed by atoms with E-state index in [1.165, 1.54) is 0 Å². The Hall–Kier alpha value is -2.76. The van der Waals surface area contributed by atoms with Crippen LogP contribution in [-0.4, -0.2) is 54.3 Å². The first-order valence-corrected chi connectivity index (χ1v) is 9.00. The fourth-order valence-corrected chi connectivity index (χ4v) is 3.70. The van der Waals surface area contributed by atoms with Gasteiger partial charge >= 0.3 is 5.69 Å². The second-order valence-electron chi connectivity index (χ2n) is 7.23. The van der Waals surface area contributed by atoms with Crippen molar-refractivity contribution in [3.05, 3.63) is 45.9 Å². The molecule has 1 saturated heterocycles. The van der Waals surface area contributed by atoms with Crippen molar-refractivity contribution in [3.63, 3.8) is 0 Å². The first kappa shape index (κ1) is 19.6. The van der Waals surface area contributed by atoms with Gasteiger partial charge in [-0.05, 0) is 12.8 Å². The number of rotatable bonds is 3. The Balaban J connectivity index is 1.67. The Labute approximate surface area is 161 Å². The van der Waals surface area contributed by atoms with Crippen LogP contribution in [-0.2, 0) is 11.3 Å². The van der Waals surface area contributed by atoms with Crippen molar-refractivity contribution in [2.24, 2.45) is 0 Å². The van der Waals surface area contributed by atoms with E-state index in [4.69, 9.17) is 0 Å². The van der Waals surface area contributed by atoms with E-state index >= 15 is 0 Å². The molecular formula is C17H17F4N5O3. The number of amides is 1. The van der Waals surface area contributed by atoms with Crippen LogP contribution in [0.5, 0.6) is 0 Å². The van der Waals surface area contributed by atoms with Gasteiger partial charge in [0.1, 0.15) is 23.8 Å². The molecule has 0 aromatic carbocycles. The van der Waals surface area contributed by atoms with Crippen LogP contribution in [0, 0.1) is 11.6 Å². The molecule has 156 valence electrons. The van der Waals surface area contributed by atoms with Crippen LogP contribution in [0.1, 0.15) is 42.9 Å². The molecule has 0 aliphatic carbocycles. The maximum atomic E-state index is 13.9. The van der Waals surface area contributed by atoms with Gasteiger partial charge in [0.2, 0.25) is 5.91 Å². The highest BCUT2D eigenvalue weighted by atomic mass is 19.3. The molecule has 1 N–H and O–H groups in total. The summed E-state index contributed by atoms with van der Waals surface area (Å²) in [6, 6.07) is -0.479. The van der Waals surface area contributed by atoms with Crippen LogP contribution in [0.2, 0.25) is 0 Å². The summed E-state index contributed by atoms with van der Waals surface area (Å²) in [7, 11) is 0. The molecule has 0 radical (unpaired) electrons. The topological polar surface area (TPSA) is 93.2 Å². The Kier molecular flexibility index (Phi) is 4.68. The largest absolute Gasteiger partial charge is 0.385 e. The van der Waals surface area contributed by atoms with Gasteiger partial charge in [-0.25, -0.2) is 27.0 Å². The third kappa shape index (κ3) is 3.52. The lowest BCUT2D eigenvalue weighted by Gasteiger charge is -2.29. The number of nitrogens with zero attached hydrogens (tertiary/aromatic N) is 5. The third-order valence-corrected chi connectivity index (χ3v) is 5.17. The van der Waals surface area contributed by atoms with Gasteiger partial charge in [0.15, 0.2) is 5.82 Å². The number of aliphatic hydroxyl groups is 1. The predicted octanol–water partition coefficient (Wildman–Crippen LogP) is 1.00. The van der Waals surface area contributed by atoms with Crippen LogP contribution >= 0.6 is 0 Å². The molecule has 2 unspecified atom stereocenters. The number of fused-ring (bicyclic) bond motifs is 1. The summed E-state index contributed by atoms with van der Waals surface area (Å²) in [4.78, 5) is 30.2. The lowest BCUT2D eigenvalue weighted by molar-refractivity contribution is -0.136. The summed E-state index contributed by atoms with van der Waals surface area (Å²) in [6.45, 7) is -1.30. The van der Waals surface area contributed by atoms with Crippen LogP contribution in [0.4, 0.5) is 17.6 Å². The van der Waals surface area contributed by atoms with Crippen molar-refractivity contribution in [1.29, 1.82) is 0 Å². The molecule has 4 heterocycles. The number of carbonyl (C=O) groups excluding carboxylic acids is 1. The minimum atomic E-state index is -2.98. The number of carbonyl (C=O) groups is 1. The van der Waals surface area contributed by atoms with Crippen LogP contribution < -0.4 is 5.69 Å². The summed E-state index contributed by atoms with van der Waals surface area (Å²) in [5.74, 6) is -5.59. The normalized spacial score (nSPS) is 23.3. The molecule has 8 nitrogen and oxygen atoms in total. The van der Waals surface area contributed by atoms with Crippen molar-refractivity contribution in [2.75, 3.05) is 13.1 Å². The highest BCUT2D eigenvalue weighted by Gasteiger charge is 2.44. The fraction of sp³-hybridized carbons (Fsp3) is 0.529. The molecule has 29 heavy (non-hydrogen) atoms. The Morgan fingerprint density at radius 1 is 1.31 bits per heavy atom. The molecule has 1 fully saturated rings. The summed E-state index contributed by atoms with van der Waals surface area (Å²) < 4.78 is 55.6. The van der Waals surface area contributed by atoms with Gasteiger partial charge < -0.3 is 10.0 Å². The second-order valence-corrected chi connectivity index (χ2v) is 7.23. The molecule has 1 amide bonds. The Bertz CT molecular complexity index is 1020. The van der Waals surface area contributed by atoms with Gasteiger partial charge in [-0.2, -0.15) is 5.10 Å². The Morgan fingerprint density at radius 2 is 2.07 bits per heavy atom.